The molecule has 0 radical (unpaired) electrons. The summed E-state index contributed by atoms with van der Waals surface area (Å²) in [6.45, 7) is 10.1. The molecule has 0 aliphatic rings. The van der Waals surface area contributed by atoms with Crippen LogP contribution in [0, 0.1) is 5.41 Å². The Morgan fingerprint density at radius 2 is 1.92 bits per heavy atom. The highest BCUT2D eigenvalue weighted by molar-refractivity contribution is 5.80. The average molecular weight is 185 g/mol. The first-order valence-corrected chi connectivity index (χ1v) is 5.18. The van der Waals surface area contributed by atoms with Crippen molar-refractivity contribution in [2.24, 2.45) is 5.41 Å². The van der Waals surface area contributed by atoms with Crippen LogP contribution in [0.2, 0.25) is 0 Å². The monoisotopic (exact) mass is 185 g/mol. The van der Waals surface area contributed by atoms with E-state index in [9.17, 15) is 4.79 Å². The molecule has 0 aliphatic carbocycles. The molecule has 0 spiro atoms. The summed E-state index contributed by atoms with van der Waals surface area (Å²) in [5.74, 6) is 0.336. The number of hydrogen-bond acceptors (Lipinski definition) is 2. The summed E-state index contributed by atoms with van der Waals surface area (Å²) in [5, 5.41) is 3.12. The second-order valence-corrected chi connectivity index (χ2v) is 4.78. The molecule has 0 aromatic carbocycles. The maximum atomic E-state index is 11.3. The Balaban J connectivity index is 3.41. The zero-order valence-corrected chi connectivity index (χ0v) is 9.44. The van der Waals surface area contributed by atoms with E-state index in [2.05, 4.69) is 33.0 Å². The largest absolute Gasteiger partial charge is 0.310 e. The second kappa shape index (κ2) is 6.14. The Hall–Kier alpha value is -0.370. The van der Waals surface area contributed by atoms with E-state index >= 15 is 0 Å². The number of Topliss-reactive ketones (excluding diaryl/α,β-unsaturated/α-hetero) is 1. The molecule has 2 heteroatoms. The first-order valence-electron chi connectivity index (χ1n) is 5.18. The molecule has 0 aromatic rings. The van der Waals surface area contributed by atoms with Crippen LogP contribution < -0.4 is 5.32 Å². The van der Waals surface area contributed by atoms with Crippen LogP contribution in [0.5, 0.6) is 0 Å². The standard InChI is InChI=1S/C11H23NO/c1-5-8-12-9-10(13)6-7-11(2,3)4/h12H,5-9H2,1-4H3. The van der Waals surface area contributed by atoms with E-state index in [1.165, 1.54) is 0 Å². The van der Waals surface area contributed by atoms with E-state index in [1.54, 1.807) is 0 Å². The summed E-state index contributed by atoms with van der Waals surface area (Å²) in [6.07, 6.45) is 2.78. The van der Waals surface area contributed by atoms with E-state index in [-0.39, 0.29) is 5.41 Å². The van der Waals surface area contributed by atoms with E-state index in [0.29, 0.717) is 18.7 Å². The Labute approximate surface area is 82.1 Å². The van der Waals surface area contributed by atoms with Crippen molar-refractivity contribution < 1.29 is 4.79 Å². The van der Waals surface area contributed by atoms with Crippen LogP contribution in [-0.4, -0.2) is 18.9 Å². The molecule has 0 aliphatic heterocycles. The normalized spacial score (nSPS) is 11.7. The van der Waals surface area contributed by atoms with Crippen LogP contribution in [0.15, 0.2) is 0 Å². The lowest BCUT2D eigenvalue weighted by Crippen LogP contribution is -2.24. The number of hydrogen-bond donors (Lipinski definition) is 1. The summed E-state index contributed by atoms with van der Waals surface area (Å²) in [5.41, 5.74) is 0.278. The highest BCUT2D eigenvalue weighted by atomic mass is 16.1. The summed E-state index contributed by atoms with van der Waals surface area (Å²) < 4.78 is 0. The fraction of sp³-hybridized carbons (Fsp3) is 0.909. The molecule has 0 fully saturated rings. The van der Waals surface area contributed by atoms with Crippen LogP contribution in [-0.2, 0) is 4.79 Å². The minimum Gasteiger partial charge on any atom is -0.310 e. The van der Waals surface area contributed by atoms with Gasteiger partial charge in [0.2, 0.25) is 0 Å². The van der Waals surface area contributed by atoms with Gasteiger partial charge in [0.15, 0.2) is 0 Å². The van der Waals surface area contributed by atoms with Crippen molar-refractivity contribution in [3.8, 4) is 0 Å². The summed E-state index contributed by atoms with van der Waals surface area (Å²) >= 11 is 0. The zero-order valence-electron chi connectivity index (χ0n) is 9.44. The Morgan fingerprint density at radius 1 is 1.31 bits per heavy atom. The SMILES string of the molecule is CCCNCC(=O)CCC(C)(C)C. The van der Waals surface area contributed by atoms with Crippen molar-refractivity contribution in [1.29, 1.82) is 0 Å². The molecule has 1 N–H and O–H groups in total. The van der Waals surface area contributed by atoms with Crippen molar-refractivity contribution in [2.45, 2.75) is 47.0 Å². The van der Waals surface area contributed by atoms with Crippen LogP contribution in [0.1, 0.15) is 47.0 Å². The maximum absolute atomic E-state index is 11.3. The van der Waals surface area contributed by atoms with Gasteiger partial charge in [-0.25, -0.2) is 0 Å². The summed E-state index contributed by atoms with van der Waals surface area (Å²) in [4.78, 5) is 11.3. The molecule has 78 valence electrons. The van der Waals surface area contributed by atoms with Gasteiger partial charge in [-0.05, 0) is 24.8 Å². The van der Waals surface area contributed by atoms with Gasteiger partial charge < -0.3 is 5.32 Å². The fourth-order valence-electron chi connectivity index (χ4n) is 1.01. The van der Waals surface area contributed by atoms with Gasteiger partial charge in [0, 0.05) is 6.42 Å². The Morgan fingerprint density at radius 3 is 2.38 bits per heavy atom. The van der Waals surface area contributed by atoms with Gasteiger partial charge in [-0.3, -0.25) is 4.79 Å². The smallest absolute Gasteiger partial charge is 0.146 e. The predicted molar refractivity (Wildman–Crippen MR) is 56.9 cm³/mol. The lowest BCUT2D eigenvalue weighted by molar-refractivity contribution is -0.118. The number of carbonyl (C=O) groups excluding carboxylic acids is 1. The lowest BCUT2D eigenvalue weighted by Gasteiger charge is -2.16. The minimum absolute atomic E-state index is 0.278. The fourth-order valence-corrected chi connectivity index (χ4v) is 1.01. The number of nitrogens with one attached hydrogen (secondary N) is 1. The van der Waals surface area contributed by atoms with E-state index < -0.39 is 0 Å². The maximum Gasteiger partial charge on any atom is 0.146 e. The van der Waals surface area contributed by atoms with Crippen molar-refractivity contribution >= 4 is 5.78 Å². The zero-order chi connectivity index (χ0) is 10.3. The third-order valence-electron chi connectivity index (χ3n) is 1.90. The molecule has 0 heterocycles. The lowest BCUT2D eigenvalue weighted by atomic mass is 9.89. The van der Waals surface area contributed by atoms with Gasteiger partial charge in [-0.1, -0.05) is 27.7 Å². The average Bonchev–Trinajstić information content (AvgIpc) is 2.00. The molecule has 13 heavy (non-hydrogen) atoms. The van der Waals surface area contributed by atoms with Gasteiger partial charge in [-0.15, -0.1) is 0 Å². The first-order chi connectivity index (χ1) is 5.95. The predicted octanol–water partition coefficient (Wildman–Crippen LogP) is 2.38. The van der Waals surface area contributed by atoms with Gasteiger partial charge in [0.1, 0.15) is 5.78 Å². The molecule has 2 nitrogen and oxygen atoms in total. The van der Waals surface area contributed by atoms with Crippen LogP contribution in [0.25, 0.3) is 0 Å². The van der Waals surface area contributed by atoms with E-state index in [1.807, 2.05) is 0 Å². The molecule has 0 rings (SSSR count). The Bertz CT molecular complexity index is 147. The molecule has 0 amide bonds. The van der Waals surface area contributed by atoms with Gasteiger partial charge in [0.05, 0.1) is 6.54 Å². The van der Waals surface area contributed by atoms with Crippen LogP contribution in [0.4, 0.5) is 0 Å². The van der Waals surface area contributed by atoms with Crippen molar-refractivity contribution in [2.75, 3.05) is 13.1 Å². The molecule has 0 aromatic heterocycles. The molecule has 0 unspecified atom stereocenters. The Kier molecular flexibility index (Phi) is 5.97. The minimum atomic E-state index is 0.278. The summed E-state index contributed by atoms with van der Waals surface area (Å²) in [7, 11) is 0. The molecule has 0 atom stereocenters. The highest BCUT2D eigenvalue weighted by Gasteiger charge is 2.12. The topological polar surface area (TPSA) is 29.1 Å². The van der Waals surface area contributed by atoms with Gasteiger partial charge in [0.25, 0.3) is 0 Å². The van der Waals surface area contributed by atoms with Crippen molar-refractivity contribution in [1.82, 2.24) is 5.32 Å². The van der Waals surface area contributed by atoms with E-state index in [4.69, 9.17) is 0 Å². The van der Waals surface area contributed by atoms with Gasteiger partial charge in [-0.2, -0.15) is 0 Å². The molecule has 0 saturated carbocycles. The summed E-state index contributed by atoms with van der Waals surface area (Å²) in [6, 6.07) is 0. The van der Waals surface area contributed by atoms with E-state index in [0.717, 1.165) is 19.4 Å². The van der Waals surface area contributed by atoms with Crippen molar-refractivity contribution in [3.63, 3.8) is 0 Å². The van der Waals surface area contributed by atoms with Crippen LogP contribution in [0.3, 0.4) is 0 Å². The number of rotatable bonds is 6. The highest BCUT2D eigenvalue weighted by Crippen LogP contribution is 2.20. The molecular formula is C11H23NO. The van der Waals surface area contributed by atoms with Crippen LogP contribution >= 0.6 is 0 Å². The van der Waals surface area contributed by atoms with Gasteiger partial charge >= 0.3 is 0 Å². The van der Waals surface area contributed by atoms with Crippen molar-refractivity contribution in [3.05, 3.63) is 0 Å². The molecule has 0 saturated heterocycles. The third-order valence-corrected chi connectivity index (χ3v) is 1.90. The number of ketones is 1. The third kappa shape index (κ3) is 9.54. The second-order valence-electron chi connectivity index (χ2n) is 4.78. The molecule has 0 bridgehead atoms. The number of carbonyl (C=O) groups is 1. The quantitative estimate of drug-likeness (QED) is 0.644. The first kappa shape index (κ1) is 12.6. The molecular weight excluding hydrogens is 162 g/mol.